The van der Waals surface area contributed by atoms with E-state index >= 15 is 0 Å². The van der Waals surface area contributed by atoms with Crippen LogP contribution in [0.1, 0.15) is 47.9 Å². The minimum absolute atomic E-state index is 0.193. The summed E-state index contributed by atoms with van der Waals surface area (Å²) in [5.74, 6) is 0.808. The van der Waals surface area contributed by atoms with Crippen LogP contribution in [-0.4, -0.2) is 23.1 Å². The summed E-state index contributed by atoms with van der Waals surface area (Å²) in [6.45, 7) is 4.32. The van der Waals surface area contributed by atoms with Gasteiger partial charge >= 0.3 is 0 Å². The van der Waals surface area contributed by atoms with E-state index in [1.54, 1.807) is 0 Å². The van der Waals surface area contributed by atoms with Crippen molar-refractivity contribution in [3.63, 3.8) is 0 Å². The molecule has 1 aliphatic rings. The molecule has 1 aromatic heterocycles. The van der Waals surface area contributed by atoms with Crippen molar-refractivity contribution in [2.24, 2.45) is 0 Å². The molecular formula is C30H31ClN4. The Balaban J connectivity index is 1.33. The summed E-state index contributed by atoms with van der Waals surface area (Å²) in [4.78, 5) is 9.58. The lowest BCUT2D eigenvalue weighted by molar-refractivity contribution is 0.640. The molecule has 0 fully saturated rings. The fourth-order valence-electron chi connectivity index (χ4n) is 4.77. The van der Waals surface area contributed by atoms with Gasteiger partial charge in [-0.1, -0.05) is 79.5 Å². The Hall–Kier alpha value is -3.21. The van der Waals surface area contributed by atoms with E-state index in [4.69, 9.17) is 16.6 Å². The number of aromatic nitrogens is 2. The maximum atomic E-state index is 6.58. The predicted octanol–water partition coefficient (Wildman–Crippen LogP) is 7.16. The normalized spacial score (nSPS) is 14.3. The third-order valence-electron chi connectivity index (χ3n) is 6.67. The molecule has 0 saturated heterocycles. The fraction of sp³-hybridized carbons (Fsp3) is 0.267. The average Bonchev–Trinajstić information content (AvgIpc) is 2.89. The van der Waals surface area contributed by atoms with E-state index in [-0.39, 0.29) is 5.92 Å². The number of nitrogens with one attached hydrogen (secondary N) is 2. The Bertz CT molecular complexity index is 1290. The summed E-state index contributed by atoms with van der Waals surface area (Å²) >= 11 is 6.58. The van der Waals surface area contributed by atoms with Crippen LogP contribution in [0.3, 0.4) is 0 Å². The van der Waals surface area contributed by atoms with Crippen molar-refractivity contribution in [1.82, 2.24) is 15.3 Å². The summed E-state index contributed by atoms with van der Waals surface area (Å²) in [7, 11) is 0. The van der Waals surface area contributed by atoms with Crippen molar-refractivity contribution in [3.05, 3.63) is 106 Å². The molecule has 1 unspecified atom stereocenters. The van der Waals surface area contributed by atoms with Crippen LogP contribution in [0.2, 0.25) is 5.02 Å². The quantitative estimate of drug-likeness (QED) is 0.248. The van der Waals surface area contributed by atoms with Crippen LogP contribution >= 0.6 is 11.6 Å². The number of halogens is 1. The SMILES string of the molecule is CCCCNCCc1ccc(Nc2ncc3c(n2)-c2ccccc2C(c2ccccc2Cl)C3)cc1. The van der Waals surface area contributed by atoms with Gasteiger partial charge in [0.25, 0.3) is 0 Å². The average molecular weight is 483 g/mol. The monoisotopic (exact) mass is 482 g/mol. The number of fused-ring (bicyclic) bond motifs is 3. The minimum atomic E-state index is 0.193. The summed E-state index contributed by atoms with van der Waals surface area (Å²) in [6.07, 6.45) is 6.28. The fourth-order valence-corrected chi connectivity index (χ4v) is 5.04. The van der Waals surface area contributed by atoms with Gasteiger partial charge in [-0.05, 0) is 72.8 Å². The van der Waals surface area contributed by atoms with Crippen LogP contribution in [0.5, 0.6) is 0 Å². The molecule has 178 valence electrons. The van der Waals surface area contributed by atoms with E-state index in [1.807, 2.05) is 18.3 Å². The number of hydrogen-bond acceptors (Lipinski definition) is 4. The molecule has 4 nitrogen and oxygen atoms in total. The third-order valence-corrected chi connectivity index (χ3v) is 7.01. The molecule has 4 aromatic rings. The molecule has 1 atom stereocenters. The molecule has 35 heavy (non-hydrogen) atoms. The van der Waals surface area contributed by atoms with Gasteiger partial charge in [0.05, 0.1) is 5.69 Å². The number of anilines is 2. The second-order valence-electron chi connectivity index (χ2n) is 9.11. The summed E-state index contributed by atoms with van der Waals surface area (Å²) in [6, 6.07) is 25.2. The molecule has 5 heteroatoms. The zero-order valence-corrected chi connectivity index (χ0v) is 20.9. The number of unbranched alkanes of at least 4 members (excludes halogenated alkanes) is 1. The molecule has 0 spiro atoms. The molecule has 5 rings (SSSR count). The molecule has 2 N–H and O–H groups in total. The molecule has 0 aliphatic heterocycles. The molecule has 0 radical (unpaired) electrons. The molecule has 3 aromatic carbocycles. The number of benzene rings is 3. The highest BCUT2D eigenvalue weighted by Crippen LogP contribution is 2.43. The summed E-state index contributed by atoms with van der Waals surface area (Å²) in [5, 5.41) is 7.69. The van der Waals surface area contributed by atoms with Crippen LogP contribution in [0, 0.1) is 0 Å². The topological polar surface area (TPSA) is 49.8 Å². The standard InChI is InChI=1S/C30H31ClN4/c1-2-3-17-32-18-16-21-12-14-23(15-13-21)34-30-33-20-22-19-27(25-9-6-7-11-28(25)31)24-8-4-5-10-26(24)29(22)35-30/h4-15,20,27,32H,2-3,16-19H2,1H3,(H,33,34,35). The lowest BCUT2D eigenvalue weighted by Gasteiger charge is -2.28. The first-order valence-electron chi connectivity index (χ1n) is 12.5. The van der Waals surface area contributed by atoms with Crippen molar-refractivity contribution < 1.29 is 0 Å². The maximum Gasteiger partial charge on any atom is 0.227 e. The van der Waals surface area contributed by atoms with E-state index in [2.05, 4.69) is 83.2 Å². The second-order valence-corrected chi connectivity index (χ2v) is 9.52. The largest absolute Gasteiger partial charge is 0.324 e. The highest BCUT2D eigenvalue weighted by molar-refractivity contribution is 6.31. The van der Waals surface area contributed by atoms with E-state index in [1.165, 1.54) is 24.0 Å². The molecule has 0 saturated carbocycles. The first-order valence-corrected chi connectivity index (χ1v) is 12.9. The van der Waals surface area contributed by atoms with E-state index in [0.29, 0.717) is 5.95 Å². The van der Waals surface area contributed by atoms with Crippen molar-refractivity contribution >= 4 is 23.2 Å². The van der Waals surface area contributed by atoms with Crippen LogP contribution < -0.4 is 10.6 Å². The summed E-state index contributed by atoms with van der Waals surface area (Å²) < 4.78 is 0. The Morgan fingerprint density at radius 3 is 2.49 bits per heavy atom. The Morgan fingerprint density at radius 2 is 1.69 bits per heavy atom. The molecule has 0 amide bonds. The van der Waals surface area contributed by atoms with Crippen LogP contribution in [0.15, 0.2) is 79.0 Å². The second kappa shape index (κ2) is 11.0. The Morgan fingerprint density at radius 1 is 0.914 bits per heavy atom. The highest BCUT2D eigenvalue weighted by Gasteiger charge is 2.28. The van der Waals surface area contributed by atoms with Gasteiger partial charge < -0.3 is 10.6 Å². The zero-order valence-electron chi connectivity index (χ0n) is 20.1. The molecule has 1 aliphatic carbocycles. The predicted molar refractivity (Wildman–Crippen MR) is 146 cm³/mol. The molecule has 1 heterocycles. The van der Waals surface area contributed by atoms with E-state index < -0.39 is 0 Å². The first-order chi connectivity index (χ1) is 17.2. The molecular weight excluding hydrogens is 452 g/mol. The van der Waals surface area contributed by atoms with Crippen LogP contribution in [-0.2, 0) is 12.8 Å². The van der Waals surface area contributed by atoms with Crippen LogP contribution in [0.25, 0.3) is 11.3 Å². The van der Waals surface area contributed by atoms with Gasteiger partial charge in [0.15, 0.2) is 0 Å². The zero-order chi connectivity index (χ0) is 24.0. The summed E-state index contributed by atoms with van der Waals surface area (Å²) in [5.41, 5.74) is 8.01. The maximum absolute atomic E-state index is 6.58. The minimum Gasteiger partial charge on any atom is -0.324 e. The lowest BCUT2D eigenvalue weighted by atomic mass is 9.78. The van der Waals surface area contributed by atoms with Crippen molar-refractivity contribution in [2.45, 2.75) is 38.5 Å². The van der Waals surface area contributed by atoms with Gasteiger partial charge in [0, 0.05) is 28.4 Å². The first kappa shape index (κ1) is 23.5. The number of nitrogens with zero attached hydrogens (tertiary/aromatic N) is 2. The van der Waals surface area contributed by atoms with Gasteiger partial charge in [-0.3, -0.25) is 0 Å². The van der Waals surface area contributed by atoms with Gasteiger partial charge in [-0.2, -0.15) is 0 Å². The highest BCUT2D eigenvalue weighted by atomic mass is 35.5. The molecule has 0 bridgehead atoms. The van der Waals surface area contributed by atoms with Crippen molar-refractivity contribution in [1.29, 1.82) is 0 Å². The van der Waals surface area contributed by atoms with Gasteiger partial charge in [-0.15, -0.1) is 0 Å². The third kappa shape index (κ3) is 5.39. The lowest BCUT2D eigenvalue weighted by Crippen LogP contribution is -2.18. The number of hydrogen-bond donors (Lipinski definition) is 2. The van der Waals surface area contributed by atoms with Crippen LogP contribution in [0.4, 0.5) is 11.6 Å². The Labute approximate surface area is 212 Å². The smallest absolute Gasteiger partial charge is 0.227 e. The van der Waals surface area contributed by atoms with Crippen molar-refractivity contribution in [2.75, 3.05) is 18.4 Å². The van der Waals surface area contributed by atoms with E-state index in [0.717, 1.165) is 59.0 Å². The number of rotatable bonds is 9. The Kier molecular flexibility index (Phi) is 7.41. The van der Waals surface area contributed by atoms with Gasteiger partial charge in [0.2, 0.25) is 5.95 Å². The van der Waals surface area contributed by atoms with Gasteiger partial charge in [0.1, 0.15) is 0 Å². The van der Waals surface area contributed by atoms with Crippen molar-refractivity contribution in [3.8, 4) is 11.3 Å². The van der Waals surface area contributed by atoms with Gasteiger partial charge in [-0.25, -0.2) is 9.97 Å². The van der Waals surface area contributed by atoms with E-state index in [9.17, 15) is 0 Å².